The van der Waals surface area contributed by atoms with Gasteiger partial charge in [-0.15, -0.1) is 0 Å². The van der Waals surface area contributed by atoms with E-state index >= 15 is 0 Å². The minimum absolute atomic E-state index is 0.0721. The van der Waals surface area contributed by atoms with Gasteiger partial charge in [0, 0.05) is 35.2 Å². The topological polar surface area (TPSA) is 63.9 Å². The molecule has 0 saturated carbocycles. The monoisotopic (exact) mass is 523 g/mol. The van der Waals surface area contributed by atoms with Crippen molar-refractivity contribution < 1.29 is 14.3 Å². The maximum absolute atomic E-state index is 13.4. The number of fused-ring (bicyclic) bond motifs is 1. The maximum atomic E-state index is 13.4. The first-order valence-electron chi connectivity index (χ1n) is 12.7. The van der Waals surface area contributed by atoms with Crippen LogP contribution in [0.5, 0.6) is 0 Å². The molecule has 1 amide bonds. The van der Waals surface area contributed by atoms with Gasteiger partial charge in [0.05, 0.1) is 22.8 Å². The summed E-state index contributed by atoms with van der Waals surface area (Å²) < 4.78 is 7.41. The SMILES string of the molecule is CCOC(=O)c1cccc(N=C2SC(=Cc3c(C)n(Cc4ccccc4)c4ccccc34)C(=O)N2CC)c1. The molecule has 0 radical (unpaired) electrons. The van der Waals surface area contributed by atoms with E-state index in [4.69, 9.17) is 9.73 Å². The van der Waals surface area contributed by atoms with Crippen LogP contribution in [-0.2, 0) is 16.1 Å². The summed E-state index contributed by atoms with van der Waals surface area (Å²) >= 11 is 1.36. The molecule has 0 aliphatic carbocycles. The Labute approximate surface area is 226 Å². The van der Waals surface area contributed by atoms with Crippen LogP contribution in [0.3, 0.4) is 0 Å². The average Bonchev–Trinajstić information content (AvgIpc) is 3.37. The van der Waals surface area contributed by atoms with Gasteiger partial charge >= 0.3 is 5.97 Å². The molecule has 0 spiro atoms. The van der Waals surface area contributed by atoms with Crippen molar-refractivity contribution in [2.45, 2.75) is 27.3 Å². The number of carbonyl (C=O) groups is 2. The van der Waals surface area contributed by atoms with Crippen LogP contribution in [0, 0.1) is 6.92 Å². The van der Waals surface area contributed by atoms with E-state index in [0.29, 0.717) is 34.5 Å². The lowest BCUT2D eigenvalue weighted by atomic mass is 10.1. The third-order valence-corrected chi connectivity index (χ3v) is 7.53. The van der Waals surface area contributed by atoms with Crippen LogP contribution in [0.25, 0.3) is 17.0 Å². The van der Waals surface area contributed by atoms with Gasteiger partial charge < -0.3 is 9.30 Å². The van der Waals surface area contributed by atoms with Gasteiger partial charge in [0.2, 0.25) is 0 Å². The molecular weight excluding hydrogens is 494 g/mol. The van der Waals surface area contributed by atoms with Crippen LogP contribution in [0.1, 0.15) is 41.0 Å². The Balaban J connectivity index is 1.52. The van der Waals surface area contributed by atoms with Crippen LogP contribution in [-0.4, -0.2) is 39.7 Å². The number of carbonyl (C=O) groups excluding carboxylic acids is 2. The molecule has 3 aromatic carbocycles. The number of likely N-dealkylation sites (N-methyl/N-ethyl adjacent to an activating group) is 1. The molecule has 5 rings (SSSR count). The first-order chi connectivity index (χ1) is 18.5. The maximum Gasteiger partial charge on any atom is 0.338 e. The fraction of sp³-hybridized carbons (Fsp3) is 0.194. The molecule has 6 nitrogen and oxygen atoms in total. The highest BCUT2D eigenvalue weighted by Gasteiger charge is 2.33. The Hall–Kier alpha value is -4.10. The first kappa shape index (κ1) is 25.5. The number of ether oxygens (including phenoxy) is 1. The Bertz CT molecular complexity index is 1570. The number of para-hydroxylation sites is 1. The summed E-state index contributed by atoms with van der Waals surface area (Å²) in [5.74, 6) is -0.461. The predicted octanol–water partition coefficient (Wildman–Crippen LogP) is 6.80. The number of hydrogen-bond donors (Lipinski definition) is 0. The summed E-state index contributed by atoms with van der Waals surface area (Å²) in [5.41, 5.74) is 5.53. The zero-order chi connectivity index (χ0) is 26.6. The zero-order valence-electron chi connectivity index (χ0n) is 21.7. The molecule has 0 unspecified atom stereocenters. The largest absolute Gasteiger partial charge is 0.462 e. The van der Waals surface area contributed by atoms with Crippen molar-refractivity contribution in [3.8, 4) is 0 Å². The number of hydrogen-bond acceptors (Lipinski definition) is 5. The number of benzene rings is 3. The lowest BCUT2D eigenvalue weighted by Crippen LogP contribution is -2.28. The third kappa shape index (κ3) is 5.02. The normalized spacial score (nSPS) is 15.7. The van der Waals surface area contributed by atoms with E-state index in [0.717, 1.165) is 28.7 Å². The standard InChI is InChI=1S/C31H29N3O3S/c1-4-33-29(35)28(38-31(33)32-24-15-11-14-23(18-24)30(36)37-5-2)19-26-21(3)34(20-22-12-7-6-8-13-22)27-17-10-9-16-25(26)27/h6-19H,4-5,20H2,1-3H3. The molecule has 38 heavy (non-hydrogen) atoms. The van der Waals surface area contributed by atoms with Crippen molar-refractivity contribution in [2.24, 2.45) is 4.99 Å². The highest BCUT2D eigenvalue weighted by atomic mass is 32.2. The predicted molar refractivity (Wildman–Crippen MR) is 155 cm³/mol. The van der Waals surface area contributed by atoms with Crippen LogP contribution in [0.2, 0.25) is 0 Å². The van der Waals surface area contributed by atoms with Crippen molar-refractivity contribution in [3.63, 3.8) is 0 Å². The molecule has 1 aliphatic heterocycles. The molecule has 0 atom stereocenters. The second-order valence-electron chi connectivity index (χ2n) is 8.91. The number of amidine groups is 1. The highest BCUT2D eigenvalue weighted by molar-refractivity contribution is 8.18. The minimum Gasteiger partial charge on any atom is -0.462 e. The van der Waals surface area contributed by atoms with Crippen LogP contribution in [0.15, 0.2) is 88.8 Å². The lowest BCUT2D eigenvalue weighted by Gasteiger charge is -2.12. The van der Waals surface area contributed by atoms with Gasteiger partial charge in [-0.05, 0) is 68.4 Å². The summed E-state index contributed by atoms with van der Waals surface area (Å²) in [4.78, 5) is 32.6. The molecule has 1 saturated heterocycles. The molecule has 1 fully saturated rings. The van der Waals surface area contributed by atoms with Crippen molar-refractivity contribution in [2.75, 3.05) is 13.2 Å². The van der Waals surface area contributed by atoms with Gasteiger partial charge in [-0.2, -0.15) is 0 Å². The Morgan fingerprint density at radius 2 is 1.76 bits per heavy atom. The molecule has 1 aliphatic rings. The van der Waals surface area contributed by atoms with E-state index in [-0.39, 0.29) is 11.9 Å². The van der Waals surface area contributed by atoms with Gasteiger partial charge in [0.15, 0.2) is 5.17 Å². The van der Waals surface area contributed by atoms with E-state index in [1.807, 2.05) is 37.3 Å². The molecule has 192 valence electrons. The summed E-state index contributed by atoms with van der Waals surface area (Å²) in [5, 5.41) is 1.70. The molecule has 0 N–H and O–H groups in total. The summed E-state index contributed by atoms with van der Waals surface area (Å²) in [7, 11) is 0. The second kappa shape index (κ2) is 11.1. The fourth-order valence-electron chi connectivity index (χ4n) is 4.64. The van der Waals surface area contributed by atoms with Gasteiger partial charge in [-0.25, -0.2) is 9.79 Å². The summed E-state index contributed by atoms with van der Waals surface area (Å²) in [6, 6.07) is 25.7. The smallest absolute Gasteiger partial charge is 0.338 e. The van der Waals surface area contributed by atoms with E-state index in [9.17, 15) is 9.59 Å². The van der Waals surface area contributed by atoms with Crippen molar-refractivity contribution in [1.29, 1.82) is 0 Å². The zero-order valence-corrected chi connectivity index (χ0v) is 22.5. The van der Waals surface area contributed by atoms with Gasteiger partial charge in [0.25, 0.3) is 5.91 Å². The number of amides is 1. The first-order valence-corrected chi connectivity index (χ1v) is 13.5. The van der Waals surface area contributed by atoms with Crippen molar-refractivity contribution in [3.05, 3.63) is 106 Å². The van der Waals surface area contributed by atoms with Gasteiger partial charge in [0.1, 0.15) is 0 Å². The second-order valence-corrected chi connectivity index (χ2v) is 9.92. The minimum atomic E-state index is -0.389. The van der Waals surface area contributed by atoms with Crippen LogP contribution >= 0.6 is 11.8 Å². The number of thioether (sulfide) groups is 1. The van der Waals surface area contributed by atoms with Crippen molar-refractivity contribution >= 4 is 51.5 Å². The number of esters is 1. The van der Waals surface area contributed by atoms with E-state index in [1.54, 1.807) is 30.0 Å². The van der Waals surface area contributed by atoms with E-state index < -0.39 is 0 Å². The van der Waals surface area contributed by atoms with Gasteiger partial charge in [-0.1, -0.05) is 54.6 Å². The molecule has 2 heterocycles. The Morgan fingerprint density at radius 3 is 2.53 bits per heavy atom. The number of aromatic nitrogens is 1. The Morgan fingerprint density at radius 1 is 1.00 bits per heavy atom. The number of nitrogens with zero attached hydrogens (tertiary/aromatic N) is 3. The number of aliphatic imine (C=N–C) groups is 1. The fourth-order valence-corrected chi connectivity index (χ4v) is 5.68. The van der Waals surface area contributed by atoms with E-state index in [1.165, 1.54) is 17.3 Å². The molecule has 7 heteroatoms. The molecular formula is C31H29N3O3S. The average molecular weight is 524 g/mol. The summed E-state index contributed by atoms with van der Waals surface area (Å²) in [6.45, 7) is 7.36. The third-order valence-electron chi connectivity index (χ3n) is 6.52. The molecule has 4 aromatic rings. The quantitative estimate of drug-likeness (QED) is 0.197. The summed E-state index contributed by atoms with van der Waals surface area (Å²) in [6.07, 6.45) is 1.99. The van der Waals surface area contributed by atoms with Crippen LogP contribution < -0.4 is 0 Å². The molecule has 1 aromatic heterocycles. The van der Waals surface area contributed by atoms with Gasteiger partial charge in [-0.3, -0.25) is 9.69 Å². The van der Waals surface area contributed by atoms with Crippen LogP contribution in [0.4, 0.5) is 5.69 Å². The number of rotatable bonds is 7. The lowest BCUT2D eigenvalue weighted by molar-refractivity contribution is -0.122. The molecule has 0 bridgehead atoms. The van der Waals surface area contributed by atoms with Crippen molar-refractivity contribution in [1.82, 2.24) is 9.47 Å². The Kier molecular flexibility index (Phi) is 7.47. The highest BCUT2D eigenvalue weighted by Crippen LogP contribution is 2.37. The van der Waals surface area contributed by atoms with E-state index in [2.05, 4.69) is 47.9 Å².